The minimum atomic E-state index is -0.821. The van der Waals surface area contributed by atoms with Gasteiger partial charge in [0.2, 0.25) is 0 Å². The molecular formula is C7H15NO3. The molecule has 0 amide bonds. The Bertz CT molecular complexity index is 125. The third-order valence-electron chi connectivity index (χ3n) is 1.30. The Balaban J connectivity index is 3.66. The molecule has 0 radical (unpaired) electrons. The summed E-state index contributed by atoms with van der Waals surface area (Å²) in [5, 5.41) is 8.43. The van der Waals surface area contributed by atoms with Crippen LogP contribution in [0.3, 0.4) is 0 Å². The second kappa shape index (κ2) is 5.09. The Kier molecular flexibility index (Phi) is 4.81. The number of carbonyl (C=O) groups is 1. The van der Waals surface area contributed by atoms with Crippen LogP contribution < -0.4 is 0 Å². The van der Waals surface area contributed by atoms with Crippen molar-refractivity contribution < 1.29 is 14.6 Å². The lowest BCUT2D eigenvalue weighted by atomic mass is 10.2. The first-order valence-electron chi connectivity index (χ1n) is 3.45. The Morgan fingerprint density at radius 2 is 2.18 bits per heavy atom. The van der Waals surface area contributed by atoms with Crippen LogP contribution in [-0.4, -0.2) is 49.8 Å². The number of aliphatic carboxylic acids is 1. The van der Waals surface area contributed by atoms with Crippen molar-refractivity contribution in [2.24, 2.45) is 0 Å². The molecule has 0 aliphatic rings. The zero-order valence-electron chi connectivity index (χ0n) is 7.20. The van der Waals surface area contributed by atoms with Gasteiger partial charge in [-0.3, -0.25) is 4.79 Å². The summed E-state index contributed by atoms with van der Waals surface area (Å²) in [5.41, 5.74) is 0. The Morgan fingerprint density at radius 1 is 1.64 bits per heavy atom. The minimum Gasteiger partial charge on any atom is -0.481 e. The average molecular weight is 161 g/mol. The smallest absolute Gasteiger partial charge is 0.306 e. The third-order valence-corrected chi connectivity index (χ3v) is 1.30. The standard InChI is InChI=1S/C7H15NO3/c1-8(2)5-6(11-3)4-7(9)10/h6H,4-5H2,1-3H3,(H,9,10). The van der Waals surface area contributed by atoms with E-state index in [-0.39, 0.29) is 12.5 Å². The van der Waals surface area contributed by atoms with Crippen LogP contribution in [0.4, 0.5) is 0 Å². The predicted molar refractivity (Wildman–Crippen MR) is 41.6 cm³/mol. The largest absolute Gasteiger partial charge is 0.481 e. The molecule has 4 nitrogen and oxygen atoms in total. The van der Waals surface area contributed by atoms with Gasteiger partial charge in [0, 0.05) is 13.7 Å². The summed E-state index contributed by atoms with van der Waals surface area (Å²) in [5.74, 6) is -0.821. The maximum atomic E-state index is 10.3. The van der Waals surface area contributed by atoms with E-state index in [0.29, 0.717) is 6.54 Å². The number of carboxylic acids is 1. The van der Waals surface area contributed by atoms with Crippen LogP contribution in [0.25, 0.3) is 0 Å². The fourth-order valence-corrected chi connectivity index (χ4v) is 0.824. The number of ether oxygens (including phenoxy) is 1. The molecule has 0 heterocycles. The third kappa shape index (κ3) is 5.82. The maximum absolute atomic E-state index is 10.3. The Hall–Kier alpha value is -0.610. The molecule has 0 rings (SSSR count). The number of hydrogen-bond donors (Lipinski definition) is 1. The first-order chi connectivity index (χ1) is 5.06. The number of carboxylic acid groups (broad SMARTS) is 1. The number of likely N-dealkylation sites (N-methyl/N-ethyl adjacent to an activating group) is 1. The molecule has 0 aliphatic heterocycles. The van der Waals surface area contributed by atoms with Crippen LogP contribution >= 0.6 is 0 Å². The van der Waals surface area contributed by atoms with E-state index in [1.807, 2.05) is 19.0 Å². The summed E-state index contributed by atoms with van der Waals surface area (Å²) >= 11 is 0. The van der Waals surface area contributed by atoms with Gasteiger partial charge in [-0.1, -0.05) is 0 Å². The molecular weight excluding hydrogens is 146 g/mol. The quantitative estimate of drug-likeness (QED) is 0.618. The second-order valence-electron chi connectivity index (χ2n) is 2.72. The summed E-state index contributed by atoms with van der Waals surface area (Å²) < 4.78 is 4.95. The molecule has 1 atom stereocenters. The van der Waals surface area contributed by atoms with E-state index in [0.717, 1.165) is 0 Å². The van der Waals surface area contributed by atoms with Crippen LogP contribution in [0.15, 0.2) is 0 Å². The number of nitrogens with zero attached hydrogens (tertiary/aromatic N) is 1. The molecule has 0 fully saturated rings. The molecule has 0 bridgehead atoms. The molecule has 66 valence electrons. The first-order valence-corrected chi connectivity index (χ1v) is 3.45. The van der Waals surface area contributed by atoms with E-state index in [2.05, 4.69) is 0 Å². The highest BCUT2D eigenvalue weighted by Gasteiger charge is 2.12. The van der Waals surface area contributed by atoms with Crippen LogP contribution in [0.5, 0.6) is 0 Å². The van der Waals surface area contributed by atoms with Crippen LogP contribution in [-0.2, 0) is 9.53 Å². The lowest BCUT2D eigenvalue weighted by Gasteiger charge is -2.17. The summed E-state index contributed by atoms with van der Waals surface area (Å²) in [4.78, 5) is 12.2. The Labute approximate surface area is 66.8 Å². The van der Waals surface area contributed by atoms with Gasteiger partial charge in [-0.2, -0.15) is 0 Å². The average Bonchev–Trinajstić information content (AvgIpc) is 1.84. The van der Waals surface area contributed by atoms with Gasteiger partial charge in [-0.05, 0) is 14.1 Å². The van der Waals surface area contributed by atoms with Gasteiger partial charge in [-0.15, -0.1) is 0 Å². The SMILES string of the molecule is COC(CC(=O)O)CN(C)C. The highest BCUT2D eigenvalue weighted by molar-refractivity contribution is 5.67. The molecule has 0 saturated heterocycles. The number of methoxy groups -OCH3 is 1. The molecule has 0 aromatic carbocycles. The van der Waals surface area contributed by atoms with Gasteiger partial charge < -0.3 is 14.7 Å². The summed E-state index contributed by atoms with van der Waals surface area (Å²) in [6.07, 6.45) is -0.142. The monoisotopic (exact) mass is 161 g/mol. The predicted octanol–water partition coefficient (Wildman–Crippen LogP) is 0.0377. The van der Waals surface area contributed by atoms with E-state index >= 15 is 0 Å². The van der Waals surface area contributed by atoms with Crippen molar-refractivity contribution in [3.8, 4) is 0 Å². The second-order valence-corrected chi connectivity index (χ2v) is 2.72. The van der Waals surface area contributed by atoms with Crippen molar-refractivity contribution in [3.05, 3.63) is 0 Å². The summed E-state index contributed by atoms with van der Waals surface area (Å²) in [7, 11) is 5.29. The fraction of sp³-hybridized carbons (Fsp3) is 0.857. The van der Waals surface area contributed by atoms with Gasteiger partial charge in [0.1, 0.15) is 0 Å². The number of hydrogen-bond acceptors (Lipinski definition) is 3. The van der Waals surface area contributed by atoms with Crippen molar-refractivity contribution in [1.82, 2.24) is 4.90 Å². The van der Waals surface area contributed by atoms with Crippen LogP contribution in [0.1, 0.15) is 6.42 Å². The maximum Gasteiger partial charge on any atom is 0.306 e. The minimum absolute atomic E-state index is 0.0642. The molecule has 1 N–H and O–H groups in total. The van der Waals surface area contributed by atoms with E-state index in [1.54, 1.807) is 0 Å². The Morgan fingerprint density at radius 3 is 2.45 bits per heavy atom. The highest BCUT2D eigenvalue weighted by Crippen LogP contribution is 1.97. The zero-order chi connectivity index (χ0) is 8.85. The topological polar surface area (TPSA) is 49.8 Å². The molecule has 0 spiro atoms. The van der Waals surface area contributed by atoms with Gasteiger partial charge in [0.05, 0.1) is 12.5 Å². The molecule has 0 aromatic rings. The van der Waals surface area contributed by atoms with Gasteiger partial charge in [-0.25, -0.2) is 0 Å². The van der Waals surface area contributed by atoms with Gasteiger partial charge >= 0.3 is 5.97 Å². The van der Waals surface area contributed by atoms with Crippen molar-refractivity contribution >= 4 is 5.97 Å². The lowest BCUT2D eigenvalue weighted by molar-refractivity contribution is -0.139. The molecule has 4 heteroatoms. The normalized spacial score (nSPS) is 13.5. The molecule has 1 unspecified atom stereocenters. The molecule has 0 aromatic heterocycles. The molecule has 11 heavy (non-hydrogen) atoms. The van der Waals surface area contributed by atoms with Gasteiger partial charge in [0.15, 0.2) is 0 Å². The fourth-order valence-electron chi connectivity index (χ4n) is 0.824. The zero-order valence-corrected chi connectivity index (χ0v) is 7.20. The van der Waals surface area contributed by atoms with E-state index in [9.17, 15) is 4.79 Å². The lowest BCUT2D eigenvalue weighted by Crippen LogP contribution is -2.29. The van der Waals surface area contributed by atoms with E-state index in [4.69, 9.17) is 9.84 Å². The highest BCUT2D eigenvalue weighted by atomic mass is 16.5. The van der Waals surface area contributed by atoms with Crippen LogP contribution in [0.2, 0.25) is 0 Å². The van der Waals surface area contributed by atoms with Crippen molar-refractivity contribution in [3.63, 3.8) is 0 Å². The van der Waals surface area contributed by atoms with Crippen molar-refractivity contribution in [1.29, 1.82) is 0 Å². The molecule has 0 aliphatic carbocycles. The van der Waals surface area contributed by atoms with E-state index in [1.165, 1.54) is 7.11 Å². The van der Waals surface area contributed by atoms with Crippen molar-refractivity contribution in [2.45, 2.75) is 12.5 Å². The first kappa shape index (κ1) is 10.4. The number of rotatable bonds is 5. The molecule has 0 saturated carbocycles. The van der Waals surface area contributed by atoms with Gasteiger partial charge in [0.25, 0.3) is 0 Å². The van der Waals surface area contributed by atoms with E-state index < -0.39 is 5.97 Å². The van der Waals surface area contributed by atoms with Crippen LogP contribution in [0, 0.1) is 0 Å². The summed E-state index contributed by atoms with van der Waals surface area (Å²) in [6, 6.07) is 0. The summed E-state index contributed by atoms with van der Waals surface area (Å²) in [6.45, 7) is 0.642. The van der Waals surface area contributed by atoms with Crippen molar-refractivity contribution in [2.75, 3.05) is 27.7 Å².